The second-order valence-corrected chi connectivity index (χ2v) is 4.26. The Morgan fingerprint density at radius 1 is 1.19 bits per heavy atom. The Balaban J connectivity index is 3.23. The van der Waals surface area contributed by atoms with Gasteiger partial charge in [0.05, 0.1) is 31.3 Å². The number of rotatable bonds is 8. The molecule has 0 spiro atoms. The van der Waals surface area contributed by atoms with Crippen LogP contribution in [0.25, 0.3) is 0 Å². The highest BCUT2D eigenvalue weighted by molar-refractivity contribution is 5.95. The summed E-state index contributed by atoms with van der Waals surface area (Å²) in [7, 11) is 1.38. The molecule has 0 aromatic heterocycles. The van der Waals surface area contributed by atoms with Gasteiger partial charge in [-0.3, -0.25) is 10.1 Å². The van der Waals surface area contributed by atoms with Crippen molar-refractivity contribution in [2.24, 2.45) is 0 Å². The van der Waals surface area contributed by atoms with E-state index < -0.39 is 10.9 Å². The first-order chi connectivity index (χ1) is 10.0. The molecule has 0 saturated carbocycles. The average molecular weight is 297 g/mol. The van der Waals surface area contributed by atoms with Crippen molar-refractivity contribution in [2.45, 2.75) is 26.7 Å². The van der Waals surface area contributed by atoms with Gasteiger partial charge < -0.3 is 14.2 Å². The summed E-state index contributed by atoms with van der Waals surface area (Å²) in [5.41, 5.74) is -0.503. The van der Waals surface area contributed by atoms with Gasteiger partial charge in [-0.05, 0) is 12.8 Å². The Kier molecular flexibility index (Phi) is 6.45. The summed E-state index contributed by atoms with van der Waals surface area (Å²) in [6.45, 7) is 4.38. The van der Waals surface area contributed by atoms with Crippen LogP contribution in [0, 0.1) is 10.1 Å². The minimum atomic E-state index is -0.743. The molecular formula is C14H19NO6. The van der Waals surface area contributed by atoms with E-state index in [0.29, 0.717) is 13.0 Å². The maximum atomic E-state index is 11.9. The smallest absolute Gasteiger partial charge is 0.345 e. The van der Waals surface area contributed by atoms with Crippen LogP contribution in [0.5, 0.6) is 11.5 Å². The molecule has 7 heteroatoms. The van der Waals surface area contributed by atoms with Crippen molar-refractivity contribution in [1.29, 1.82) is 0 Å². The highest BCUT2D eigenvalue weighted by atomic mass is 16.6. The minimum absolute atomic E-state index is 0.139. The molecule has 0 radical (unpaired) electrons. The molecule has 1 aromatic rings. The van der Waals surface area contributed by atoms with Gasteiger partial charge in [0, 0.05) is 6.07 Å². The minimum Gasteiger partial charge on any atom is -0.493 e. The molecule has 0 atom stereocenters. The zero-order valence-electron chi connectivity index (χ0n) is 12.4. The largest absolute Gasteiger partial charge is 0.493 e. The first kappa shape index (κ1) is 16.7. The number of nitro benzene ring substituents is 1. The molecule has 0 saturated heterocycles. The fourth-order valence-corrected chi connectivity index (χ4v) is 1.62. The maximum Gasteiger partial charge on any atom is 0.345 e. The highest BCUT2D eigenvalue weighted by Gasteiger charge is 2.25. The number of ether oxygens (including phenoxy) is 3. The third kappa shape index (κ3) is 4.34. The summed E-state index contributed by atoms with van der Waals surface area (Å²) in [6, 6.07) is 2.47. The Labute approximate surface area is 123 Å². The van der Waals surface area contributed by atoms with Gasteiger partial charge >= 0.3 is 5.97 Å². The Morgan fingerprint density at radius 2 is 1.86 bits per heavy atom. The van der Waals surface area contributed by atoms with E-state index in [9.17, 15) is 14.9 Å². The monoisotopic (exact) mass is 297 g/mol. The molecule has 0 heterocycles. The molecule has 0 N–H and O–H groups in total. The van der Waals surface area contributed by atoms with Crippen molar-refractivity contribution in [3.05, 3.63) is 27.8 Å². The zero-order chi connectivity index (χ0) is 15.8. The topological polar surface area (TPSA) is 87.9 Å². The number of carbonyl (C=O) groups is 1. The molecule has 7 nitrogen and oxygen atoms in total. The SMILES string of the molecule is CCCOC(=O)c1cc(OCCC)c(OC)cc1[N+](=O)[O-]. The number of nitro groups is 1. The predicted molar refractivity (Wildman–Crippen MR) is 76.0 cm³/mol. The Morgan fingerprint density at radius 3 is 2.38 bits per heavy atom. The zero-order valence-corrected chi connectivity index (χ0v) is 12.4. The van der Waals surface area contributed by atoms with Gasteiger partial charge in [-0.15, -0.1) is 0 Å². The first-order valence-corrected chi connectivity index (χ1v) is 6.71. The van der Waals surface area contributed by atoms with Gasteiger partial charge in [-0.25, -0.2) is 4.79 Å². The van der Waals surface area contributed by atoms with Crippen molar-refractivity contribution in [1.82, 2.24) is 0 Å². The number of nitrogens with zero attached hydrogens (tertiary/aromatic N) is 1. The summed E-state index contributed by atoms with van der Waals surface area (Å²) in [5.74, 6) is -0.247. The maximum absolute atomic E-state index is 11.9. The number of benzene rings is 1. The lowest BCUT2D eigenvalue weighted by molar-refractivity contribution is -0.385. The van der Waals surface area contributed by atoms with E-state index in [1.165, 1.54) is 19.2 Å². The van der Waals surface area contributed by atoms with Gasteiger partial charge in [0.2, 0.25) is 0 Å². The van der Waals surface area contributed by atoms with Crippen molar-refractivity contribution in [3.63, 3.8) is 0 Å². The summed E-state index contributed by atoms with van der Waals surface area (Å²) >= 11 is 0. The van der Waals surface area contributed by atoms with Crippen LogP contribution in [0.3, 0.4) is 0 Å². The number of hydrogen-bond acceptors (Lipinski definition) is 6. The van der Waals surface area contributed by atoms with E-state index in [1.807, 2.05) is 13.8 Å². The third-order valence-corrected chi connectivity index (χ3v) is 2.60. The number of methoxy groups -OCH3 is 1. The molecule has 1 aromatic carbocycles. The van der Waals surface area contributed by atoms with Crippen LogP contribution >= 0.6 is 0 Å². The quantitative estimate of drug-likeness (QED) is 0.416. The van der Waals surface area contributed by atoms with Crippen LogP contribution in [-0.4, -0.2) is 31.2 Å². The van der Waals surface area contributed by atoms with Gasteiger partial charge in [-0.2, -0.15) is 0 Å². The molecule has 116 valence electrons. The van der Waals surface area contributed by atoms with E-state index >= 15 is 0 Å². The first-order valence-electron chi connectivity index (χ1n) is 6.71. The van der Waals surface area contributed by atoms with Crippen molar-refractivity contribution in [3.8, 4) is 11.5 Å². The second kappa shape index (κ2) is 8.08. The lowest BCUT2D eigenvalue weighted by Gasteiger charge is -2.12. The van der Waals surface area contributed by atoms with Crippen LogP contribution in [0.2, 0.25) is 0 Å². The molecule has 1 rings (SSSR count). The third-order valence-electron chi connectivity index (χ3n) is 2.60. The summed E-state index contributed by atoms with van der Waals surface area (Å²) < 4.78 is 15.5. The molecular weight excluding hydrogens is 278 g/mol. The number of hydrogen-bond donors (Lipinski definition) is 0. The van der Waals surface area contributed by atoms with Crippen LogP contribution in [0.4, 0.5) is 5.69 Å². The van der Waals surface area contributed by atoms with E-state index in [4.69, 9.17) is 14.2 Å². The van der Waals surface area contributed by atoms with Crippen molar-refractivity contribution < 1.29 is 23.9 Å². The Bertz CT molecular complexity index is 514. The fraction of sp³-hybridized carbons (Fsp3) is 0.500. The van der Waals surface area contributed by atoms with Gasteiger partial charge in [0.25, 0.3) is 5.69 Å². The molecule has 0 unspecified atom stereocenters. The number of esters is 1. The Hall–Kier alpha value is -2.31. The lowest BCUT2D eigenvalue weighted by atomic mass is 10.1. The second-order valence-electron chi connectivity index (χ2n) is 4.26. The van der Waals surface area contributed by atoms with Gasteiger partial charge in [0.15, 0.2) is 11.5 Å². The van der Waals surface area contributed by atoms with Crippen LogP contribution in [0.15, 0.2) is 12.1 Å². The van der Waals surface area contributed by atoms with E-state index in [2.05, 4.69) is 0 Å². The van der Waals surface area contributed by atoms with Crippen molar-refractivity contribution >= 4 is 11.7 Å². The van der Waals surface area contributed by atoms with Crippen LogP contribution in [0.1, 0.15) is 37.0 Å². The van der Waals surface area contributed by atoms with Crippen LogP contribution in [-0.2, 0) is 4.74 Å². The van der Waals surface area contributed by atoms with Gasteiger partial charge in [0.1, 0.15) is 5.56 Å². The summed E-state index contributed by atoms with van der Waals surface area (Å²) in [6.07, 6.45) is 1.39. The summed E-state index contributed by atoms with van der Waals surface area (Å²) in [5, 5.41) is 11.1. The van der Waals surface area contributed by atoms with E-state index in [-0.39, 0.29) is 29.4 Å². The van der Waals surface area contributed by atoms with E-state index in [1.54, 1.807) is 0 Å². The fourth-order valence-electron chi connectivity index (χ4n) is 1.62. The van der Waals surface area contributed by atoms with E-state index in [0.717, 1.165) is 6.42 Å². The molecule has 0 aliphatic rings. The predicted octanol–water partition coefficient (Wildman–Crippen LogP) is 2.96. The molecule has 21 heavy (non-hydrogen) atoms. The molecule has 0 aliphatic heterocycles. The highest BCUT2D eigenvalue weighted by Crippen LogP contribution is 2.35. The lowest BCUT2D eigenvalue weighted by Crippen LogP contribution is -2.10. The molecule has 0 bridgehead atoms. The summed E-state index contributed by atoms with van der Waals surface area (Å²) in [4.78, 5) is 22.4. The molecule has 0 aliphatic carbocycles. The van der Waals surface area contributed by atoms with Gasteiger partial charge in [-0.1, -0.05) is 13.8 Å². The van der Waals surface area contributed by atoms with Crippen molar-refractivity contribution in [2.75, 3.05) is 20.3 Å². The van der Waals surface area contributed by atoms with Crippen LogP contribution < -0.4 is 9.47 Å². The molecule has 0 fully saturated rings. The number of carbonyl (C=O) groups excluding carboxylic acids is 1. The standard InChI is InChI=1S/C14H19NO6/c1-4-6-20-13-8-10(14(16)21-7-5-2)11(15(17)18)9-12(13)19-3/h8-9H,4-7H2,1-3H3. The normalized spacial score (nSPS) is 10.0. The average Bonchev–Trinajstić information content (AvgIpc) is 2.49. The molecule has 0 amide bonds.